The van der Waals surface area contributed by atoms with Crippen molar-refractivity contribution in [3.05, 3.63) is 35.4 Å². The van der Waals surface area contributed by atoms with Crippen molar-refractivity contribution < 1.29 is 14.4 Å². The van der Waals surface area contributed by atoms with Gasteiger partial charge < -0.3 is 16.8 Å². The van der Waals surface area contributed by atoms with Crippen LogP contribution in [-0.4, -0.2) is 31.1 Å². The fraction of sp³-hybridized carbons (Fsp3) is 0.467. The molecule has 0 aromatic heterocycles. The molecule has 128 valence electrons. The van der Waals surface area contributed by atoms with Crippen molar-refractivity contribution >= 4 is 11.8 Å². The first-order valence-corrected chi connectivity index (χ1v) is 7.50. The number of benzene rings is 1. The van der Waals surface area contributed by atoms with Crippen LogP contribution in [0.3, 0.4) is 0 Å². The van der Waals surface area contributed by atoms with E-state index in [2.05, 4.69) is 15.5 Å². The van der Waals surface area contributed by atoms with E-state index in [0.717, 1.165) is 18.4 Å². The van der Waals surface area contributed by atoms with Gasteiger partial charge in [0.2, 0.25) is 5.91 Å². The van der Waals surface area contributed by atoms with Crippen LogP contribution in [0.5, 0.6) is 0 Å². The Morgan fingerprint density at radius 1 is 1.26 bits per heavy atom. The number of carbonyl (C=O) groups is 2. The second-order valence-corrected chi connectivity index (χ2v) is 5.13. The maximum absolute atomic E-state index is 12.0. The van der Waals surface area contributed by atoms with Crippen molar-refractivity contribution in [2.45, 2.75) is 31.9 Å². The van der Waals surface area contributed by atoms with Gasteiger partial charge in [-0.05, 0) is 37.0 Å². The van der Waals surface area contributed by atoms with E-state index in [4.69, 9.17) is 17.4 Å². The lowest BCUT2D eigenvalue weighted by Gasteiger charge is -2.13. The van der Waals surface area contributed by atoms with Crippen LogP contribution in [0, 0.1) is 0 Å². The lowest BCUT2D eigenvalue weighted by molar-refractivity contribution is -0.120. The molecule has 0 spiro atoms. The van der Waals surface area contributed by atoms with Crippen LogP contribution >= 0.6 is 0 Å². The molecule has 1 rings (SSSR count). The van der Waals surface area contributed by atoms with Gasteiger partial charge in [-0.1, -0.05) is 12.1 Å². The highest BCUT2D eigenvalue weighted by Crippen LogP contribution is 2.06. The molecule has 8 N–H and O–H groups in total. The molecule has 0 bridgehead atoms. The van der Waals surface area contributed by atoms with Crippen LogP contribution in [0.2, 0.25) is 0 Å². The van der Waals surface area contributed by atoms with Crippen molar-refractivity contribution in [2.24, 2.45) is 17.4 Å². The van der Waals surface area contributed by atoms with E-state index in [-0.39, 0.29) is 19.2 Å². The molecule has 1 aromatic carbocycles. The molecule has 2 amide bonds. The molecule has 1 atom stereocenters. The molecule has 1 aromatic rings. The monoisotopic (exact) mass is 323 g/mol. The highest BCUT2D eigenvalue weighted by molar-refractivity contribution is 5.94. The Morgan fingerprint density at radius 2 is 2.04 bits per heavy atom. The van der Waals surface area contributed by atoms with Crippen LogP contribution in [0.1, 0.15) is 35.2 Å². The molecule has 0 aliphatic rings. The minimum absolute atomic E-state index is 0.157. The van der Waals surface area contributed by atoms with E-state index in [1.807, 2.05) is 6.07 Å². The zero-order valence-electron chi connectivity index (χ0n) is 13.1. The zero-order chi connectivity index (χ0) is 17.1. The predicted octanol–water partition coefficient (Wildman–Crippen LogP) is -0.663. The van der Waals surface area contributed by atoms with Crippen molar-refractivity contribution in [1.82, 2.24) is 10.6 Å². The van der Waals surface area contributed by atoms with Gasteiger partial charge in [0, 0.05) is 18.8 Å². The Bertz CT molecular complexity index is 510. The summed E-state index contributed by atoms with van der Waals surface area (Å²) < 4.78 is 0. The standard InChI is InChI=1S/C15H25N5O3/c16-10-20-13(14(17)21)6-1-2-7-19-15(22)12-5-3-4-11(8-12)9-23-18/h3-5,8,13,20H,1-2,6-7,9-10,16,18H2,(H2,17,21)(H,19,22)/t13-/m0/s1. The molecule has 0 aliphatic carbocycles. The van der Waals surface area contributed by atoms with Gasteiger partial charge in [0.05, 0.1) is 12.6 Å². The summed E-state index contributed by atoms with van der Waals surface area (Å²) in [5, 5.41) is 5.65. The first-order chi connectivity index (χ1) is 11.1. The summed E-state index contributed by atoms with van der Waals surface area (Å²) in [6.45, 7) is 0.974. The summed E-state index contributed by atoms with van der Waals surface area (Å²) in [7, 11) is 0. The van der Waals surface area contributed by atoms with Crippen molar-refractivity contribution in [3.8, 4) is 0 Å². The van der Waals surface area contributed by atoms with Gasteiger partial charge in [0.25, 0.3) is 5.91 Å². The zero-order valence-corrected chi connectivity index (χ0v) is 13.1. The first-order valence-electron chi connectivity index (χ1n) is 7.50. The van der Waals surface area contributed by atoms with Crippen LogP contribution < -0.4 is 28.0 Å². The minimum Gasteiger partial charge on any atom is -0.368 e. The summed E-state index contributed by atoms with van der Waals surface area (Å²) in [5.74, 6) is 4.45. The summed E-state index contributed by atoms with van der Waals surface area (Å²) >= 11 is 0. The number of carbonyl (C=O) groups excluding carboxylic acids is 2. The summed E-state index contributed by atoms with van der Waals surface area (Å²) in [4.78, 5) is 27.7. The maximum atomic E-state index is 12.0. The molecular formula is C15H25N5O3. The largest absolute Gasteiger partial charge is 0.368 e. The third-order valence-corrected chi connectivity index (χ3v) is 3.35. The van der Waals surface area contributed by atoms with E-state index in [1.54, 1.807) is 18.2 Å². The highest BCUT2D eigenvalue weighted by Gasteiger charge is 2.13. The number of unbranched alkanes of at least 4 members (excludes halogenated alkanes) is 1. The molecule has 23 heavy (non-hydrogen) atoms. The molecular weight excluding hydrogens is 298 g/mol. The van der Waals surface area contributed by atoms with E-state index in [0.29, 0.717) is 18.5 Å². The van der Waals surface area contributed by atoms with E-state index in [1.165, 1.54) is 0 Å². The maximum Gasteiger partial charge on any atom is 0.251 e. The van der Waals surface area contributed by atoms with Crippen LogP contribution in [0.15, 0.2) is 24.3 Å². The summed E-state index contributed by atoms with van der Waals surface area (Å²) in [6, 6.07) is 6.64. The third-order valence-electron chi connectivity index (χ3n) is 3.35. The quantitative estimate of drug-likeness (QED) is 0.207. The van der Waals surface area contributed by atoms with Crippen LogP contribution in [0.4, 0.5) is 0 Å². The molecule has 0 saturated heterocycles. The predicted molar refractivity (Wildman–Crippen MR) is 86.8 cm³/mol. The van der Waals surface area contributed by atoms with E-state index >= 15 is 0 Å². The van der Waals surface area contributed by atoms with Gasteiger partial charge >= 0.3 is 0 Å². The average molecular weight is 323 g/mol. The van der Waals surface area contributed by atoms with Gasteiger partial charge in [-0.3, -0.25) is 19.7 Å². The molecule has 0 unspecified atom stereocenters. The Labute approximate surface area is 135 Å². The Balaban J connectivity index is 2.31. The van der Waals surface area contributed by atoms with Gasteiger partial charge in [-0.25, -0.2) is 5.90 Å². The normalized spacial score (nSPS) is 11.9. The number of primary amides is 1. The molecule has 8 heteroatoms. The van der Waals surface area contributed by atoms with Crippen molar-refractivity contribution in [1.29, 1.82) is 0 Å². The fourth-order valence-corrected chi connectivity index (χ4v) is 2.16. The number of hydrogen-bond donors (Lipinski definition) is 5. The van der Waals surface area contributed by atoms with Crippen LogP contribution in [-0.2, 0) is 16.2 Å². The number of nitrogens with two attached hydrogens (primary N) is 3. The summed E-state index contributed by atoms with van der Waals surface area (Å²) in [6.07, 6.45) is 2.08. The van der Waals surface area contributed by atoms with Gasteiger partial charge in [-0.2, -0.15) is 0 Å². The smallest absolute Gasteiger partial charge is 0.251 e. The molecule has 0 saturated carbocycles. The Hall–Kier alpha value is -2.00. The Kier molecular flexibility index (Phi) is 8.85. The van der Waals surface area contributed by atoms with Gasteiger partial charge in [0.1, 0.15) is 0 Å². The van der Waals surface area contributed by atoms with Crippen molar-refractivity contribution in [3.63, 3.8) is 0 Å². The molecule has 8 nitrogen and oxygen atoms in total. The molecule has 0 fully saturated rings. The van der Waals surface area contributed by atoms with Gasteiger partial charge in [-0.15, -0.1) is 0 Å². The van der Waals surface area contributed by atoms with E-state index in [9.17, 15) is 9.59 Å². The number of rotatable bonds is 11. The topological polar surface area (TPSA) is 145 Å². The van der Waals surface area contributed by atoms with Crippen LogP contribution in [0.25, 0.3) is 0 Å². The highest BCUT2D eigenvalue weighted by atomic mass is 16.6. The fourth-order valence-electron chi connectivity index (χ4n) is 2.16. The van der Waals surface area contributed by atoms with Gasteiger partial charge in [0.15, 0.2) is 0 Å². The third kappa shape index (κ3) is 7.20. The lowest BCUT2D eigenvalue weighted by Crippen LogP contribution is -2.43. The Morgan fingerprint density at radius 3 is 2.70 bits per heavy atom. The minimum atomic E-state index is -0.427. The second-order valence-electron chi connectivity index (χ2n) is 5.13. The second kappa shape index (κ2) is 10.7. The average Bonchev–Trinajstić information content (AvgIpc) is 2.53. The number of hydrogen-bond acceptors (Lipinski definition) is 6. The SMILES string of the molecule is NCN[C@@H](CCCCNC(=O)c1cccc(CON)c1)C(N)=O. The molecule has 0 heterocycles. The first kappa shape index (κ1) is 19.0. The lowest BCUT2D eigenvalue weighted by atomic mass is 10.1. The van der Waals surface area contributed by atoms with E-state index < -0.39 is 11.9 Å². The summed E-state index contributed by atoms with van der Waals surface area (Å²) in [5.41, 5.74) is 12.0. The number of amides is 2. The molecule has 0 aliphatic heterocycles. The number of nitrogens with one attached hydrogen (secondary N) is 2. The van der Waals surface area contributed by atoms with Crippen molar-refractivity contribution in [2.75, 3.05) is 13.2 Å². The molecule has 0 radical (unpaired) electrons.